The lowest BCUT2D eigenvalue weighted by atomic mass is 10.3. The van der Waals surface area contributed by atoms with Crippen molar-refractivity contribution >= 4 is 29.1 Å². The van der Waals surface area contributed by atoms with E-state index in [1.54, 1.807) is 23.7 Å². The zero-order valence-electron chi connectivity index (χ0n) is 14.7. The molecule has 0 radical (unpaired) electrons. The number of carbonyl (C=O) groups excluding carboxylic acids is 1. The average molecular weight is 397 g/mol. The summed E-state index contributed by atoms with van der Waals surface area (Å²) in [6.45, 7) is 6.97. The molecule has 140 valence electrons. The number of benzene rings is 1. The van der Waals surface area contributed by atoms with Crippen molar-refractivity contribution in [3.8, 4) is 5.69 Å². The maximum Gasteiger partial charge on any atom is 0.219 e. The second-order valence-electron chi connectivity index (χ2n) is 6.25. The van der Waals surface area contributed by atoms with Crippen molar-refractivity contribution in [2.24, 2.45) is 0 Å². The number of rotatable bonds is 6. The van der Waals surface area contributed by atoms with Crippen LogP contribution in [0.5, 0.6) is 0 Å². The van der Waals surface area contributed by atoms with Crippen molar-refractivity contribution in [1.82, 2.24) is 19.6 Å². The van der Waals surface area contributed by atoms with E-state index >= 15 is 0 Å². The molecule has 3 rings (SSSR count). The molecule has 0 spiro atoms. The maximum absolute atomic E-state index is 11.3. The van der Waals surface area contributed by atoms with E-state index in [0.29, 0.717) is 23.3 Å². The van der Waals surface area contributed by atoms with Crippen LogP contribution >= 0.6 is 23.2 Å². The molecule has 0 saturated carbocycles. The third kappa shape index (κ3) is 4.98. The average Bonchev–Trinajstić information content (AvgIpc) is 3.10. The Kier molecular flexibility index (Phi) is 6.53. The molecule has 1 amide bonds. The van der Waals surface area contributed by atoms with Crippen LogP contribution in [0.4, 0.5) is 0 Å². The third-order valence-corrected chi connectivity index (χ3v) is 5.17. The maximum atomic E-state index is 11.3. The number of piperazine rings is 1. The Labute approximate surface area is 163 Å². The first-order valence-electron chi connectivity index (χ1n) is 8.58. The summed E-state index contributed by atoms with van der Waals surface area (Å²) in [4.78, 5) is 15.5. The smallest absolute Gasteiger partial charge is 0.219 e. The highest BCUT2D eigenvalue weighted by molar-refractivity contribution is 6.42. The number of hydrogen-bond acceptors (Lipinski definition) is 4. The molecule has 1 aliphatic heterocycles. The van der Waals surface area contributed by atoms with Crippen LogP contribution in [0, 0.1) is 0 Å². The van der Waals surface area contributed by atoms with Crippen LogP contribution in [0.1, 0.15) is 12.6 Å². The topological polar surface area (TPSA) is 50.6 Å². The highest BCUT2D eigenvalue weighted by atomic mass is 35.5. The first-order chi connectivity index (χ1) is 12.5. The van der Waals surface area contributed by atoms with Gasteiger partial charge in [0.05, 0.1) is 34.6 Å². The van der Waals surface area contributed by atoms with Crippen molar-refractivity contribution in [3.63, 3.8) is 0 Å². The lowest BCUT2D eigenvalue weighted by molar-refractivity contribution is -0.130. The van der Waals surface area contributed by atoms with Gasteiger partial charge >= 0.3 is 0 Å². The third-order valence-electron chi connectivity index (χ3n) is 4.43. The highest BCUT2D eigenvalue weighted by Gasteiger charge is 2.17. The van der Waals surface area contributed by atoms with Gasteiger partial charge in [0.2, 0.25) is 5.91 Å². The van der Waals surface area contributed by atoms with E-state index in [9.17, 15) is 4.79 Å². The monoisotopic (exact) mass is 396 g/mol. The van der Waals surface area contributed by atoms with Crippen LogP contribution in [0.2, 0.25) is 10.0 Å². The Balaban J connectivity index is 1.41. The minimum absolute atomic E-state index is 0.151. The molecule has 0 unspecified atom stereocenters. The van der Waals surface area contributed by atoms with Crippen molar-refractivity contribution in [2.75, 3.05) is 39.3 Å². The number of ether oxygens (including phenoxy) is 1. The van der Waals surface area contributed by atoms with Crippen LogP contribution in [0.25, 0.3) is 5.69 Å². The van der Waals surface area contributed by atoms with Gasteiger partial charge in [0.1, 0.15) is 0 Å². The molecule has 6 nitrogen and oxygen atoms in total. The molecule has 2 heterocycles. The van der Waals surface area contributed by atoms with Crippen molar-refractivity contribution in [1.29, 1.82) is 0 Å². The second-order valence-corrected chi connectivity index (χ2v) is 7.06. The summed E-state index contributed by atoms with van der Waals surface area (Å²) in [5.74, 6) is 0.151. The van der Waals surface area contributed by atoms with Crippen molar-refractivity contribution in [2.45, 2.75) is 13.5 Å². The zero-order chi connectivity index (χ0) is 18.5. The predicted octanol–water partition coefficient (Wildman–Crippen LogP) is 2.86. The van der Waals surface area contributed by atoms with E-state index in [0.717, 1.165) is 44.1 Å². The molecular weight excluding hydrogens is 375 g/mol. The van der Waals surface area contributed by atoms with E-state index < -0.39 is 0 Å². The van der Waals surface area contributed by atoms with E-state index in [2.05, 4.69) is 10.00 Å². The van der Waals surface area contributed by atoms with Crippen molar-refractivity contribution in [3.05, 3.63) is 46.2 Å². The Morgan fingerprint density at radius 1 is 1.15 bits per heavy atom. The summed E-state index contributed by atoms with van der Waals surface area (Å²) < 4.78 is 7.50. The predicted molar refractivity (Wildman–Crippen MR) is 102 cm³/mol. The number of amides is 1. The number of halogens is 2. The molecule has 1 saturated heterocycles. The van der Waals surface area contributed by atoms with Gasteiger partial charge in [-0.2, -0.15) is 5.10 Å². The van der Waals surface area contributed by atoms with Gasteiger partial charge in [-0.25, -0.2) is 4.68 Å². The zero-order valence-corrected chi connectivity index (χ0v) is 16.2. The molecule has 1 aliphatic rings. The fourth-order valence-corrected chi connectivity index (χ4v) is 3.16. The molecule has 0 bridgehead atoms. The summed E-state index contributed by atoms with van der Waals surface area (Å²) in [7, 11) is 0. The molecule has 8 heteroatoms. The van der Waals surface area contributed by atoms with Gasteiger partial charge in [-0.05, 0) is 24.3 Å². The van der Waals surface area contributed by atoms with Crippen LogP contribution in [0.15, 0.2) is 30.5 Å². The van der Waals surface area contributed by atoms with Gasteiger partial charge in [-0.1, -0.05) is 23.2 Å². The Morgan fingerprint density at radius 3 is 2.62 bits per heavy atom. The van der Waals surface area contributed by atoms with Gasteiger partial charge in [-0.15, -0.1) is 0 Å². The van der Waals surface area contributed by atoms with Crippen molar-refractivity contribution < 1.29 is 9.53 Å². The normalized spacial score (nSPS) is 15.4. The van der Waals surface area contributed by atoms with Crippen LogP contribution in [-0.4, -0.2) is 64.8 Å². The standard InChI is InChI=1S/C18H22Cl2N4O2/c1-14(25)23-8-6-22(7-9-23)10-11-26-13-15-4-5-24(21-15)16-2-3-17(19)18(20)12-16/h2-5,12H,6-11,13H2,1H3. The molecule has 2 aromatic rings. The van der Waals surface area contributed by atoms with Gasteiger partial charge in [0, 0.05) is 45.8 Å². The van der Waals surface area contributed by atoms with Gasteiger partial charge in [-0.3, -0.25) is 9.69 Å². The Bertz CT molecular complexity index is 757. The highest BCUT2D eigenvalue weighted by Crippen LogP contribution is 2.24. The molecule has 1 aromatic heterocycles. The number of hydrogen-bond donors (Lipinski definition) is 0. The van der Waals surface area contributed by atoms with E-state index in [1.165, 1.54) is 0 Å². The van der Waals surface area contributed by atoms with Gasteiger partial charge in [0.15, 0.2) is 0 Å². The SMILES string of the molecule is CC(=O)N1CCN(CCOCc2ccn(-c3ccc(Cl)c(Cl)c3)n2)CC1. The first kappa shape index (κ1) is 19.2. The van der Waals surface area contributed by atoms with Crippen LogP contribution < -0.4 is 0 Å². The van der Waals surface area contributed by atoms with E-state index in [-0.39, 0.29) is 5.91 Å². The van der Waals surface area contributed by atoms with Gasteiger partial charge in [0.25, 0.3) is 0 Å². The molecule has 0 N–H and O–H groups in total. The fraction of sp³-hybridized carbons (Fsp3) is 0.444. The molecular formula is C18H22Cl2N4O2. The van der Waals surface area contributed by atoms with Gasteiger partial charge < -0.3 is 9.64 Å². The van der Waals surface area contributed by atoms with E-state index in [4.69, 9.17) is 27.9 Å². The summed E-state index contributed by atoms with van der Waals surface area (Å²) in [5.41, 5.74) is 1.71. The molecule has 1 fully saturated rings. The summed E-state index contributed by atoms with van der Waals surface area (Å²) in [5, 5.41) is 5.52. The quantitative estimate of drug-likeness (QED) is 0.704. The van der Waals surface area contributed by atoms with Crippen LogP contribution in [0.3, 0.4) is 0 Å². The minimum Gasteiger partial charge on any atom is -0.374 e. The summed E-state index contributed by atoms with van der Waals surface area (Å²) >= 11 is 12.0. The summed E-state index contributed by atoms with van der Waals surface area (Å²) in [6.07, 6.45) is 1.87. The Morgan fingerprint density at radius 2 is 1.92 bits per heavy atom. The molecule has 0 aliphatic carbocycles. The first-order valence-corrected chi connectivity index (χ1v) is 9.34. The lowest BCUT2D eigenvalue weighted by Gasteiger charge is -2.34. The number of aromatic nitrogens is 2. The Hall–Kier alpha value is -1.60. The molecule has 0 atom stereocenters. The molecule has 26 heavy (non-hydrogen) atoms. The fourth-order valence-electron chi connectivity index (χ4n) is 2.87. The second kappa shape index (κ2) is 8.86. The lowest BCUT2D eigenvalue weighted by Crippen LogP contribution is -2.48. The number of carbonyl (C=O) groups is 1. The largest absolute Gasteiger partial charge is 0.374 e. The minimum atomic E-state index is 0.151. The number of nitrogens with zero attached hydrogens (tertiary/aromatic N) is 4. The summed E-state index contributed by atoms with van der Waals surface area (Å²) in [6, 6.07) is 7.33. The van der Waals surface area contributed by atoms with Crippen LogP contribution in [-0.2, 0) is 16.1 Å². The van der Waals surface area contributed by atoms with E-state index in [1.807, 2.05) is 23.2 Å². The molecule has 1 aromatic carbocycles.